The standard InChI is InChI=1S/C17H23N3O5/c1-12(2)10-19(11-16(21)22)17(23)13-5-6-14(15(9-13)20(24)25)18-7-3-4-8-18/h5-6,9,12H,3-4,7-8,10-11H2,1-2H3,(H,21,22). The van der Waals surface area contributed by atoms with Gasteiger partial charge in [-0.2, -0.15) is 0 Å². The Balaban J connectivity index is 2.33. The molecule has 1 amide bonds. The van der Waals surface area contributed by atoms with Crippen LogP contribution in [-0.2, 0) is 4.79 Å². The minimum atomic E-state index is -1.11. The largest absolute Gasteiger partial charge is 0.480 e. The molecule has 1 aliphatic heterocycles. The van der Waals surface area contributed by atoms with E-state index in [1.807, 2.05) is 18.7 Å². The van der Waals surface area contributed by atoms with Crippen molar-refractivity contribution < 1.29 is 19.6 Å². The van der Waals surface area contributed by atoms with Gasteiger partial charge in [-0.05, 0) is 30.9 Å². The Hall–Kier alpha value is -2.64. The predicted octanol–water partition coefficient (Wildman–Crippen LogP) is 2.38. The van der Waals surface area contributed by atoms with Gasteiger partial charge in [-0.25, -0.2) is 0 Å². The summed E-state index contributed by atoms with van der Waals surface area (Å²) in [7, 11) is 0. The molecule has 0 aliphatic carbocycles. The molecular weight excluding hydrogens is 326 g/mol. The normalized spacial score (nSPS) is 14.0. The highest BCUT2D eigenvalue weighted by Gasteiger charge is 2.26. The number of nitro benzene ring substituents is 1. The van der Waals surface area contributed by atoms with E-state index in [1.165, 1.54) is 17.0 Å². The maximum absolute atomic E-state index is 12.6. The van der Waals surface area contributed by atoms with Crippen LogP contribution in [0.15, 0.2) is 18.2 Å². The number of hydrogen-bond acceptors (Lipinski definition) is 5. The number of amides is 1. The molecule has 0 aromatic heterocycles. The van der Waals surface area contributed by atoms with Crippen molar-refractivity contribution >= 4 is 23.3 Å². The zero-order chi connectivity index (χ0) is 18.6. The van der Waals surface area contributed by atoms with Crippen molar-refractivity contribution in [2.24, 2.45) is 5.92 Å². The van der Waals surface area contributed by atoms with Crippen LogP contribution in [0.3, 0.4) is 0 Å². The fourth-order valence-corrected chi connectivity index (χ4v) is 3.03. The first kappa shape index (κ1) is 18.7. The number of anilines is 1. The molecule has 0 bridgehead atoms. The number of rotatable bonds is 7. The van der Waals surface area contributed by atoms with Crippen LogP contribution in [0.25, 0.3) is 0 Å². The molecule has 1 fully saturated rings. The van der Waals surface area contributed by atoms with E-state index in [4.69, 9.17) is 5.11 Å². The minimum absolute atomic E-state index is 0.0853. The molecule has 1 saturated heterocycles. The first-order chi connectivity index (χ1) is 11.8. The summed E-state index contributed by atoms with van der Waals surface area (Å²) in [5, 5.41) is 20.5. The molecule has 8 nitrogen and oxygen atoms in total. The Kier molecular flexibility index (Phi) is 5.95. The average Bonchev–Trinajstić information content (AvgIpc) is 3.06. The van der Waals surface area contributed by atoms with E-state index in [0.717, 1.165) is 25.9 Å². The van der Waals surface area contributed by atoms with Crippen LogP contribution < -0.4 is 4.90 Å². The van der Waals surface area contributed by atoms with Crippen molar-refractivity contribution in [1.82, 2.24) is 4.90 Å². The van der Waals surface area contributed by atoms with Crippen molar-refractivity contribution in [3.8, 4) is 0 Å². The van der Waals surface area contributed by atoms with Crippen molar-refractivity contribution in [3.63, 3.8) is 0 Å². The molecule has 2 rings (SSSR count). The molecule has 0 unspecified atom stereocenters. The molecule has 0 atom stereocenters. The molecule has 1 aliphatic rings. The molecule has 136 valence electrons. The van der Waals surface area contributed by atoms with Gasteiger partial charge in [0.05, 0.1) is 4.92 Å². The molecule has 8 heteroatoms. The number of aliphatic carboxylic acids is 1. The van der Waals surface area contributed by atoms with Crippen LogP contribution in [0.4, 0.5) is 11.4 Å². The highest BCUT2D eigenvalue weighted by Crippen LogP contribution is 2.32. The van der Waals surface area contributed by atoms with Crippen LogP contribution in [-0.4, -0.2) is 53.0 Å². The van der Waals surface area contributed by atoms with Gasteiger partial charge in [0.2, 0.25) is 0 Å². The Morgan fingerprint density at radius 2 is 1.96 bits per heavy atom. The monoisotopic (exact) mass is 349 g/mol. The topological polar surface area (TPSA) is 104 Å². The predicted molar refractivity (Wildman–Crippen MR) is 92.9 cm³/mol. The Bertz CT molecular complexity index is 668. The Morgan fingerprint density at radius 3 is 2.48 bits per heavy atom. The number of nitrogens with zero attached hydrogens (tertiary/aromatic N) is 3. The number of carbonyl (C=O) groups is 2. The second kappa shape index (κ2) is 7.96. The number of carboxylic acids is 1. The second-order valence-corrected chi connectivity index (χ2v) is 6.63. The first-order valence-electron chi connectivity index (χ1n) is 8.34. The zero-order valence-electron chi connectivity index (χ0n) is 14.5. The van der Waals surface area contributed by atoms with Gasteiger partial charge >= 0.3 is 5.97 Å². The minimum Gasteiger partial charge on any atom is -0.480 e. The Labute approximate surface area is 146 Å². The first-order valence-corrected chi connectivity index (χ1v) is 8.34. The van der Waals surface area contributed by atoms with E-state index in [-0.39, 0.29) is 23.7 Å². The van der Waals surface area contributed by atoms with Crippen LogP contribution in [0, 0.1) is 16.0 Å². The summed E-state index contributed by atoms with van der Waals surface area (Å²) in [4.78, 5) is 37.8. The van der Waals surface area contributed by atoms with Crippen LogP contribution in [0.5, 0.6) is 0 Å². The van der Waals surface area contributed by atoms with Crippen molar-refractivity contribution in [1.29, 1.82) is 0 Å². The van der Waals surface area contributed by atoms with E-state index in [0.29, 0.717) is 5.69 Å². The van der Waals surface area contributed by atoms with E-state index in [2.05, 4.69) is 0 Å². The molecule has 1 N–H and O–H groups in total. The van der Waals surface area contributed by atoms with Gasteiger partial charge in [0, 0.05) is 31.3 Å². The van der Waals surface area contributed by atoms with E-state index in [9.17, 15) is 19.7 Å². The molecule has 0 radical (unpaired) electrons. The molecular formula is C17H23N3O5. The fourth-order valence-electron chi connectivity index (χ4n) is 3.03. The van der Waals surface area contributed by atoms with Gasteiger partial charge in [0.25, 0.3) is 11.6 Å². The molecule has 0 spiro atoms. The maximum atomic E-state index is 12.6. The number of carboxylic acid groups (broad SMARTS) is 1. The van der Waals surface area contributed by atoms with E-state index >= 15 is 0 Å². The number of carbonyl (C=O) groups excluding carboxylic acids is 1. The van der Waals surface area contributed by atoms with Gasteiger partial charge in [0.15, 0.2) is 0 Å². The summed E-state index contributed by atoms with van der Waals surface area (Å²) in [5.41, 5.74) is 0.525. The van der Waals surface area contributed by atoms with Gasteiger partial charge in [-0.3, -0.25) is 19.7 Å². The Morgan fingerprint density at radius 1 is 1.32 bits per heavy atom. The third kappa shape index (κ3) is 4.68. The number of nitro groups is 1. The molecule has 1 heterocycles. The summed E-state index contributed by atoms with van der Waals surface area (Å²) in [6.07, 6.45) is 1.97. The van der Waals surface area contributed by atoms with Crippen molar-refractivity contribution in [2.45, 2.75) is 26.7 Å². The van der Waals surface area contributed by atoms with E-state index < -0.39 is 23.3 Å². The zero-order valence-corrected chi connectivity index (χ0v) is 14.5. The summed E-state index contributed by atoms with van der Waals surface area (Å²) in [6.45, 7) is 5.10. The molecule has 1 aromatic rings. The van der Waals surface area contributed by atoms with Crippen molar-refractivity contribution in [2.75, 3.05) is 31.1 Å². The lowest BCUT2D eigenvalue weighted by atomic mass is 10.1. The van der Waals surface area contributed by atoms with Crippen LogP contribution in [0.1, 0.15) is 37.0 Å². The van der Waals surface area contributed by atoms with Gasteiger partial charge in [0.1, 0.15) is 12.2 Å². The lowest BCUT2D eigenvalue weighted by Crippen LogP contribution is -2.38. The van der Waals surface area contributed by atoms with Gasteiger partial charge in [-0.1, -0.05) is 13.8 Å². The number of hydrogen-bond donors (Lipinski definition) is 1. The summed E-state index contributed by atoms with van der Waals surface area (Å²) in [5.74, 6) is -1.54. The summed E-state index contributed by atoms with van der Waals surface area (Å²) in [6, 6.07) is 4.38. The second-order valence-electron chi connectivity index (χ2n) is 6.63. The smallest absolute Gasteiger partial charge is 0.323 e. The molecule has 0 saturated carbocycles. The summed E-state index contributed by atoms with van der Waals surface area (Å²) < 4.78 is 0. The third-order valence-electron chi connectivity index (χ3n) is 4.06. The average molecular weight is 349 g/mol. The highest BCUT2D eigenvalue weighted by molar-refractivity contribution is 5.97. The lowest BCUT2D eigenvalue weighted by Gasteiger charge is -2.23. The lowest BCUT2D eigenvalue weighted by molar-refractivity contribution is -0.384. The quantitative estimate of drug-likeness (QED) is 0.599. The van der Waals surface area contributed by atoms with Gasteiger partial charge < -0.3 is 14.9 Å². The van der Waals surface area contributed by atoms with Crippen molar-refractivity contribution in [3.05, 3.63) is 33.9 Å². The van der Waals surface area contributed by atoms with E-state index in [1.54, 1.807) is 6.07 Å². The molecule has 25 heavy (non-hydrogen) atoms. The fraction of sp³-hybridized carbons (Fsp3) is 0.529. The third-order valence-corrected chi connectivity index (χ3v) is 4.06. The van der Waals surface area contributed by atoms with Crippen LogP contribution >= 0.6 is 0 Å². The SMILES string of the molecule is CC(C)CN(CC(=O)O)C(=O)c1ccc(N2CCCC2)c([N+](=O)[O-])c1. The maximum Gasteiger partial charge on any atom is 0.323 e. The molecule has 1 aromatic carbocycles. The van der Waals surface area contributed by atoms with Gasteiger partial charge in [-0.15, -0.1) is 0 Å². The summed E-state index contributed by atoms with van der Waals surface area (Å²) >= 11 is 0. The highest BCUT2D eigenvalue weighted by atomic mass is 16.6. The van der Waals surface area contributed by atoms with Crippen LogP contribution in [0.2, 0.25) is 0 Å². The number of benzene rings is 1.